The lowest BCUT2D eigenvalue weighted by Gasteiger charge is -2.24. The molecule has 3 aromatic heterocycles. The molecule has 1 fully saturated rings. The molecule has 9 nitrogen and oxygen atoms in total. The molecule has 0 unspecified atom stereocenters. The molecular formula is C21H18N4O5S. The number of amides is 3. The normalized spacial score (nSPS) is 18.5. The molecule has 1 saturated heterocycles. The maximum Gasteiger partial charge on any atom is 0.322 e. The smallest absolute Gasteiger partial charge is 0.322 e. The zero-order valence-corrected chi connectivity index (χ0v) is 17.4. The number of nitrogens with one attached hydrogen (secondary N) is 2. The van der Waals surface area contributed by atoms with Crippen molar-refractivity contribution in [2.75, 3.05) is 13.4 Å². The molecule has 4 heterocycles. The molecule has 0 spiro atoms. The van der Waals surface area contributed by atoms with Crippen LogP contribution in [0.25, 0.3) is 21.9 Å². The van der Waals surface area contributed by atoms with Crippen molar-refractivity contribution in [2.45, 2.75) is 17.1 Å². The Balaban J connectivity index is 1.64. The molecule has 0 saturated carbocycles. The summed E-state index contributed by atoms with van der Waals surface area (Å²) >= 11 is 1.49. The summed E-state index contributed by atoms with van der Waals surface area (Å²) in [5, 5.41) is 17.9. The number of thioether (sulfide) groups is 1. The molecule has 0 bridgehead atoms. The summed E-state index contributed by atoms with van der Waals surface area (Å²) in [5.74, 6) is 0.194. The van der Waals surface area contributed by atoms with Crippen LogP contribution in [0.4, 0.5) is 4.79 Å². The van der Waals surface area contributed by atoms with Gasteiger partial charge in [0.25, 0.3) is 5.91 Å². The molecule has 0 radical (unpaired) electrons. The Morgan fingerprint density at radius 1 is 1.26 bits per heavy atom. The molecule has 1 aliphatic rings. The topological polar surface area (TPSA) is 119 Å². The Labute approximate surface area is 180 Å². The van der Waals surface area contributed by atoms with Crippen molar-refractivity contribution in [1.29, 1.82) is 0 Å². The summed E-state index contributed by atoms with van der Waals surface area (Å²) < 4.78 is 12.7. The van der Waals surface area contributed by atoms with Crippen LogP contribution in [0.15, 0.2) is 52.0 Å². The van der Waals surface area contributed by atoms with Gasteiger partial charge in [0, 0.05) is 23.0 Å². The van der Waals surface area contributed by atoms with Crippen molar-refractivity contribution in [1.82, 2.24) is 20.2 Å². The van der Waals surface area contributed by atoms with Crippen LogP contribution in [0.3, 0.4) is 0 Å². The Morgan fingerprint density at radius 3 is 2.81 bits per heavy atom. The molecule has 3 amide bonds. The van der Waals surface area contributed by atoms with E-state index in [2.05, 4.69) is 15.6 Å². The third-order valence-electron chi connectivity index (χ3n) is 5.40. The van der Waals surface area contributed by atoms with Gasteiger partial charge >= 0.3 is 6.03 Å². The van der Waals surface area contributed by atoms with Crippen molar-refractivity contribution in [3.8, 4) is 11.6 Å². The van der Waals surface area contributed by atoms with Gasteiger partial charge in [0.05, 0.1) is 18.7 Å². The number of pyridine rings is 1. The number of hydrogen-bond donors (Lipinski definition) is 3. The van der Waals surface area contributed by atoms with Crippen LogP contribution in [0.2, 0.25) is 0 Å². The highest BCUT2D eigenvalue weighted by atomic mass is 32.2. The molecule has 1 aliphatic heterocycles. The van der Waals surface area contributed by atoms with Crippen molar-refractivity contribution in [2.24, 2.45) is 0 Å². The van der Waals surface area contributed by atoms with Crippen LogP contribution >= 0.6 is 11.8 Å². The largest absolute Gasteiger partial charge is 0.497 e. The second-order valence-corrected chi connectivity index (χ2v) is 8.02. The van der Waals surface area contributed by atoms with E-state index in [1.54, 1.807) is 43.6 Å². The average Bonchev–Trinajstić information content (AvgIpc) is 3.41. The van der Waals surface area contributed by atoms with Crippen LogP contribution in [0, 0.1) is 0 Å². The minimum absolute atomic E-state index is 0.0545. The molecule has 5 rings (SSSR count). The second-order valence-electron chi connectivity index (χ2n) is 7.20. The fraction of sp³-hybridized carbons (Fsp3) is 0.190. The first-order valence-corrected chi connectivity index (χ1v) is 10.6. The average molecular weight is 438 g/mol. The van der Waals surface area contributed by atoms with E-state index in [0.29, 0.717) is 22.2 Å². The molecule has 1 atom stereocenters. The maximum atomic E-state index is 12.9. The maximum absolute atomic E-state index is 12.9. The number of hydrogen-bond acceptors (Lipinski definition) is 7. The molecule has 0 aliphatic carbocycles. The van der Waals surface area contributed by atoms with Crippen molar-refractivity contribution >= 4 is 45.6 Å². The number of carbonyl (C=O) groups is 2. The van der Waals surface area contributed by atoms with E-state index in [4.69, 9.17) is 9.15 Å². The molecule has 4 aromatic rings. The molecule has 31 heavy (non-hydrogen) atoms. The second kappa shape index (κ2) is 6.95. The molecule has 3 N–H and O–H groups in total. The van der Waals surface area contributed by atoms with E-state index in [-0.39, 0.29) is 18.2 Å². The standard InChI is InChI=1S/C21H18N4O5S/c1-29-12-4-3-11-9-25(18(26)13(11)7-12)10-21(19(27)23-20(28)24-21)16-8-14-15(30-16)5-6-17(22-14)31-2/h3-9,26H,10H2,1-2H3,(H2,23,24,27,28)/t21-/m0/s1. The predicted molar refractivity (Wildman–Crippen MR) is 114 cm³/mol. The van der Waals surface area contributed by atoms with Gasteiger partial charge in [-0.15, -0.1) is 11.8 Å². The predicted octanol–water partition coefficient (Wildman–Crippen LogP) is 2.95. The van der Waals surface area contributed by atoms with Gasteiger partial charge in [-0.05, 0) is 36.6 Å². The Morgan fingerprint density at radius 2 is 2.10 bits per heavy atom. The number of benzene rings is 1. The van der Waals surface area contributed by atoms with Crippen LogP contribution < -0.4 is 15.4 Å². The van der Waals surface area contributed by atoms with E-state index < -0.39 is 17.5 Å². The Bertz CT molecular complexity index is 1360. The Hall–Kier alpha value is -3.66. The number of fused-ring (bicyclic) bond motifs is 2. The summed E-state index contributed by atoms with van der Waals surface area (Å²) in [7, 11) is 1.54. The van der Waals surface area contributed by atoms with E-state index in [1.165, 1.54) is 16.3 Å². The zero-order valence-electron chi connectivity index (χ0n) is 16.6. The van der Waals surface area contributed by atoms with Gasteiger partial charge in [0.2, 0.25) is 0 Å². The number of imide groups is 1. The van der Waals surface area contributed by atoms with Crippen LogP contribution in [-0.4, -0.2) is 40.0 Å². The van der Waals surface area contributed by atoms with E-state index in [0.717, 1.165) is 10.4 Å². The number of aromatic nitrogens is 2. The minimum Gasteiger partial charge on any atom is -0.497 e. The lowest BCUT2D eigenvalue weighted by atomic mass is 9.96. The highest BCUT2D eigenvalue weighted by Gasteiger charge is 2.51. The molecular weight excluding hydrogens is 420 g/mol. The van der Waals surface area contributed by atoms with E-state index in [9.17, 15) is 14.7 Å². The molecule has 1 aromatic carbocycles. The van der Waals surface area contributed by atoms with Crippen molar-refractivity contribution < 1.29 is 23.8 Å². The number of methoxy groups -OCH3 is 1. The summed E-state index contributed by atoms with van der Waals surface area (Å²) in [6.45, 7) is -0.0807. The number of aromatic hydroxyl groups is 1. The van der Waals surface area contributed by atoms with E-state index in [1.807, 2.05) is 12.3 Å². The van der Waals surface area contributed by atoms with Gasteiger partial charge in [0.15, 0.2) is 17.0 Å². The summed E-state index contributed by atoms with van der Waals surface area (Å²) in [6.07, 6.45) is 3.62. The zero-order chi connectivity index (χ0) is 21.8. The van der Waals surface area contributed by atoms with Gasteiger partial charge in [-0.2, -0.15) is 0 Å². The SMILES string of the molecule is COc1ccc2cn(C[C@@]3(c4cc5nc(SC)ccc5o4)NC(=O)NC3=O)c(O)c2c1. The van der Waals surface area contributed by atoms with Crippen LogP contribution in [0.1, 0.15) is 5.76 Å². The third-order valence-corrected chi connectivity index (χ3v) is 6.04. The first-order valence-electron chi connectivity index (χ1n) is 9.38. The van der Waals surface area contributed by atoms with Gasteiger partial charge < -0.3 is 24.1 Å². The van der Waals surface area contributed by atoms with Crippen LogP contribution in [0.5, 0.6) is 11.6 Å². The number of nitrogens with zero attached hydrogens (tertiary/aromatic N) is 2. The van der Waals surface area contributed by atoms with E-state index >= 15 is 0 Å². The fourth-order valence-electron chi connectivity index (χ4n) is 3.81. The Kier molecular flexibility index (Phi) is 4.33. The molecule has 10 heteroatoms. The summed E-state index contributed by atoms with van der Waals surface area (Å²) in [6, 6.07) is 9.88. The third kappa shape index (κ3) is 2.98. The lowest BCUT2D eigenvalue weighted by molar-refractivity contribution is -0.125. The monoisotopic (exact) mass is 438 g/mol. The minimum atomic E-state index is -1.55. The first kappa shape index (κ1) is 19.3. The highest BCUT2D eigenvalue weighted by Crippen LogP contribution is 2.36. The number of ether oxygens (including phenoxy) is 1. The summed E-state index contributed by atoms with van der Waals surface area (Å²) in [4.78, 5) is 29.5. The van der Waals surface area contributed by atoms with Gasteiger partial charge in [-0.1, -0.05) is 0 Å². The number of carbonyl (C=O) groups excluding carboxylic acids is 2. The quantitative estimate of drug-likeness (QED) is 0.324. The van der Waals surface area contributed by atoms with Gasteiger partial charge in [-0.3, -0.25) is 10.1 Å². The van der Waals surface area contributed by atoms with Crippen molar-refractivity contribution in [3.05, 3.63) is 48.4 Å². The number of urea groups is 1. The van der Waals surface area contributed by atoms with Gasteiger partial charge in [-0.25, -0.2) is 9.78 Å². The van der Waals surface area contributed by atoms with Gasteiger partial charge in [0.1, 0.15) is 17.0 Å². The lowest BCUT2D eigenvalue weighted by Crippen LogP contribution is -2.47. The number of furan rings is 1. The first-order chi connectivity index (χ1) is 14.9. The summed E-state index contributed by atoms with van der Waals surface area (Å²) in [5.41, 5.74) is -0.483. The fourth-order valence-corrected chi connectivity index (χ4v) is 4.21. The highest BCUT2D eigenvalue weighted by molar-refractivity contribution is 7.98. The molecule has 158 valence electrons. The number of rotatable bonds is 5. The van der Waals surface area contributed by atoms with Crippen LogP contribution in [-0.2, 0) is 16.9 Å². The van der Waals surface area contributed by atoms with Crippen molar-refractivity contribution in [3.63, 3.8) is 0 Å².